The Hall–Kier alpha value is -4.70. The Bertz CT molecular complexity index is 1660. The molecule has 0 spiro atoms. The maximum absolute atomic E-state index is 15.3. The first-order chi connectivity index (χ1) is 20.6. The fourth-order valence-electron chi connectivity index (χ4n) is 4.39. The monoisotopic (exact) mass is 606 g/mol. The third-order valence-corrected chi connectivity index (χ3v) is 8.13. The fourth-order valence-corrected chi connectivity index (χ4v) is 5.48. The summed E-state index contributed by atoms with van der Waals surface area (Å²) >= 11 is 0. The summed E-state index contributed by atoms with van der Waals surface area (Å²) in [5.74, 6) is -3.57. The van der Waals surface area contributed by atoms with Gasteiger partial charge in [-0.25, -0.2) is 17.2 Å². The summed E-state index contributed by atoms with van der Waals surface area (Å²) in [5.41, 5.74) is 1.22. The Morgan fingerprint density at radius 1 is 0.744 bits per heavy atom. The molecule has 10 heteroatoms. The largest absolute Gasteiger partial charge is 0.348 e. The molecular weight excluding hydrogens is 577 g/mol. The van der Waals surface area contributed by atoms with Crippen LogP contribution in [-0.4, -0.2) is 32.3 Å². The van der Waals surface area contributed by atoms with Gasteiger partial charge in [-0.05, 0) is 54.3 Å². The number of nitrogens with one attached hydrogen (secondary N) is 2. The van der Waals surface area contributed by atoms with E-state index in [-0.39, 0.29) is 23.3 Å². The molecule has 0 unspecified atom stereocenters. The first kappa shape index (κ1) is 31.2. The molecule has 0 aliphatic rings. The van der Waals surface area contributed by atoms with Crippen LogP contribution in [0.15, 0.2) is 125 Å². The number of rotatable bonds is 12. The van der Waals surface area contributed by atoms with Crippen LogP contribution in [0.5, 0.6) is 0 Å². The van der Waals surface area contributed by atoms with Gasteiger partial charge in [-0.15, -0.1) is 0 Å². The highest BCUT2D eigenvalue weighted by molar-refractivity contribution is 7.95. The van der Waals surface area contributed by atoms with E-state index >= 15 is 4.39 Å². The molecule has 0 fully saturated rings. The lowest BCUT2D eigenvalue weighted by Crippen LogP contribution is -2.50. The van der Waals surface area contributed by atoms with Crippen molar-refractivity contribution >= 4 is 21.7 Å². The molecule has 43 heavy (non-hydrogen) atoms. The number of sulfone groups is 1. The van der Waals surface area contributed by atoms with Gasteiger partial charge in [0, 0.05) is 18.1 Å². The summed E-state index contributed by atoms with van der Waals surface area (Å²) in [6.07, 6.45) is 1.34. The molecule has 4 aromatic carbocycles. The molecule has 0 radical (unpaired) electrons. The van der Waals surface area contributed by atoms with Crippen molar-refractivity contribution in [1.82, 2.24) is 10.6 Å². The third kappa shape index (κ3) is 8.89. The molecule has 4 aromatic rings. The van der Waals surface area contributed by atoms with Crippen molar-refractivity contribution in [3.63, 3.8) is 0 Å². The average Bonchev–Trinajstić information content (AvgIpc) is 3.00. The summed E-state index contributed by atoms with van der Waals surface area (Å²) in [7, 11) is -4.48. The predicted octanol–water partition coefficient (Wildman–Crippen LogP) is 5.71. The summed E-state index contributed by atoms with van der Waals surface area (Å²) in [6.45, 7) is 0. The Kier molecular flexibility index (Phi) is 10.5. The van der Waals surface area contributed by atoms with Gasteiger partial charge in [-0.3, -0.25) is 9.59 Å². The van der Waals surface area contributed by atoms with Gasteiger partial charge in [-0.1, -0.05) is 78.9 Å². The second-order valence-electron chi connectivity index (χ2n) is 9.80. The second-order valence-corrected chi connectivity index (χ2v) is 11.7. The lowest BCUT2D eigenvalue weighted by atomic mass is 10.0. The summed E-state index contributed by atoms with van der Waals surface area (Å²) in [4.78, 5) is 26.3. The number of aryl methyl sites for hydroxylation is 1. The van der Waals surface area contributed by atoms with Crippen LogP contribution < -0.4 is 10.6 Å². The van der Waals surface area contributed by atoms with E-state index in [1.165, 1.54) is 24.3 Å². The molecule has 6 nitrogen and oxygen atoms in total. The molecule has 4 rings (SSSR count). The van der Waals surface area contributed by atoms with Gasteiger partial charge in [0.15, 0.2) is 0 Å². The highest BCUT2D eigenvalue weighted by atomic mass is 32.2. The maximum Gasteiger partial charge on any atom is 0.252 e. The van der Waals surface area contributed by atoms with E-state index in [9.17, 15) is 26.8 Å². The van der Waals surface area contributed by atoms with E-state index in [2.05, 4.69) is 10.6 Å². The molecule has 0 aromatic heterocycles. The SMILES string of the molecule is O=C(N[C@@H](Cc1ccccc1)C(=O)N[C@H](/C=C(\F)S(=O)(=O)c1ccccc1)CCc1ccccc1)c1cc(F)cc(F)c1. The highest BCUT2D eigenvalue weighted by Gasteiger charge is 2.27. The summed E-state index contributed by atoms with van der Waals surface area (Å²) in [5, 5.41) is 3.73. The lowest BCUT2D eigenvalue weighted by molar-refractivity contribution is -0.123. The first-order valence-corrected chi connectivity index (χ1v) is 14.9. The Morgan fingerprint density at radius 2 is 1.28 bits per heavy atom. The molecule has 222 valence electrons. The van der Waals surface area contributed by atoms with E-state index < -0.39 is 50.5 Å². The number of hydrogen-bond acceptors (Lipinski definition) is 4. The molecule has 0 saturated heterocycles. The highest BCUT2D eigenvalue weighted by Crippen LogP contribution is 2.21. The van der Waals surface area contributed by atoms with E-state index in [0.717, 1.165) is 23.8 Å². The van der Waals surface area contributed by atoms with Gasteiger partial charge in [0.05, 0.1) is 10.9 Å². The van der Waals surface area contributed by atoms with E-state index in [1.54, 1.807) is 36.4 Å². The zero-order chi connectivity index (χ0) is 30.8. The van der Waals surface area contributed by atoms with Crippen LogP contribution in [0.1, 0.15) is 27.9 Å². The number of hydrogen-bond donors (Lipinski definition) is 2. The normalized spacial score (nSPS) is 13.1. The summed E-state index contributed by atoms with van der Waals surface area (Å²) in [6, 6.07) is 24.9. The Labute approximate surface area is 248 Å². The molecular formula is C33H29F3N2O4S. The quantitative estimate of drug-likeness (QED) is 0.216. The fraction of sp³-hybridized carbons (Fsp3) is 0.152. The Morgan fingerprint density at radius 3 is 1.86 bits per heavy atom. The molecule has 0 aliphatic heterocycles. The minimum Gasteiger partial charge on any atom is -0.348 e. The van der Waals surface area contributed by atoms with E-state index in [0.29, 0.717) is 18.1 Å². The van der Waals surface area contributed by atoms with Gasteiger partial charge in [0.1, 0.15) is 17.7 Å². The predicted molar refractivity (Wildman–Crippen MR) is 157 cm³/mol. The summed E-state index contributed by atoms with van der Waals surface area (Å²) < 4.78 is 68.7. The van der Waals surface area contributed by atoms with Crippen molar-refractivity contribution in [2.24, 2.45) is 0 Å². The zero-order valence-electron chi connectivity index (χ0n) is 22.9. The van der Waals surface area contributed by atoms with E-state index in [1.807, 2.05) is 30.3 Å². The minimum atomic E-state index is -4.48. The lowest BCUT2D eigenvalue weighted by Gasteiger charge is -2.22. The average molecular weight is 607 g/mol. The van der Waals surface area contributed by atoms with Crippen molar-refractivity contribution in [3.8, 4) is 0 Å². The van der Waals surface area contributed by atoms with Crippen LogP contribution in [0.25, 0.3) is 0 Å². The number of benzene rings is 4. The van der Waals surface area contributed by atoms with Gasteiger partial charge in [-0.2, -0.15) is 4.39 Å². The number of amides is 2. The van der Waals surface area contributed by atoms with Crippen molar-refractivity contribution in [1.29, 1.82) is 0 Å². The van der Waals surface area contributed by atoms with Crippen LogP contribution >= 0.6 is 0 Å². The standard InChI is InChI=1S/C33H29F3N2O4S/c34-26-19-25(20-27(35)21-26)32(39)38-30(18-24-12-6-2-7-13-24)33(40)37-28(17-16-23-10-4-1-5-11-23)22-31(36)43(41,42)29-14-8-3-9-15-29/h1-15,19-22,28,30H,16-18H2,(H,37,40)(H,38,39)/b31-22+/t28-,30-/m0/s1. The van der Waals surface area contributed by atoms with Crippen molar-refractivity contribution < 1.29 is 31.2 Å². The van der Waals surface area contributed by atoms with Gasteiger partial charge < -0.3 is 10.6 Å². The maximum atomic E-state index is 15.3. The van der Waals surface area contributed by atoms with Crippen molar-refractivity contribution in [2.45, 2.75) is 36.2 Å². The topological polar surface area (TPSA) is 92.3 Å². The molecule has 2 N–H and O–H groups in total. The van der Waals surface area contributed by atoms with Crippen molar-refractivity contribution in [3.05, 3.63) is 149 Å². The van der Waals surface area contributed by atoms with Crippen LogP contribution in [0.2, 0.25) is 0 Å². The molecule has 0 heterocycles. The Balaban J connectivity index is 1.62. The van der Waals surface area contributed by atoms with Gasteiger partial charge in [0.2, 0.25) is 20.9 Å². The molecule has 0 bridgehead atoms. The number of carbonyl (C=O) groups is 2. The first-order valence-electron chi connectivity index (χ1n) is 13.4. The minimum absolute atomic E-state index is 0.00384. The van der Waals surface area contributed by atoms with E-state index in [4.69, 9.17) is 0 Å². The second kappa shape index (κ2) is 14.5. The number of carbonyl (C=O) groups excluding carboxylic acids is 2. The van der Waals surface area contributed by atoms with Crippen LogP contribution in [0, 0.1) is 11.6 Å². The zero-order valence-corrected chi connectivity index (χ0v) is 23.7. The molecule has 2 atom stereocenters. The van der Waals surface area contributed by atoms with Gasteiger partial charge >= 0.3 is 0 Å². The van der Waals surface area contributed by atoms with Crippen molar-refractivity contribution in [2.75, 3.05) is 0 Å². The number of halogens is 3. The van der Waals surface area contributed by atoms with Gasteiger partial charge in [0.25, 0.3) is 5.91 Å². The smallest absolute Gasteiger partial charge is 0.252 e. The molecule has 2 amide bonds. The molecule has 0 aliphatic carbocycles. The molecule has 0 saturated carbocycles. The van der Waals surface area contributed by atoms with Crippen LogP contribution in [0.3, 0.4) is 0 Å². The third-order valence-electron chi connectivity index (χ3n) is 6.59. The van der Waals surface area contributed by atoms with Crippen LogP contribution in [-0.2, 0) is 27.5 Å². The van der Waals surface area contributed by atoms with Crippen LogP contribution in [0.4, 0.5) is 13.2 Å².